The number of amides is 2. The summed E-state index contributed by atoms with van der Waals surface area (Å²) in [5.41, 5.74) is -0.122. The van der Waals surface area contributed by atoms with Crippen LogP contribution in [-0.4, -0.2) is 59.9 Å². The van der Waals surface area contributed by atoms with Crippen molar-refractivity contribution in [3.05, 3.63) is 29.8 Å². The quantitative estimate of drug-likeness (QED) is 0.727. The van der Waals surface area contributed by atoms with Crippen LogP contribution in [0.1, 0.15) is 45.6 Å². The van der Waals surface area contributed by atoms with Crippen molar-refractivity contribution < 1.29 is 23.9 Å². The van der Waals surface area contributed by atoms with E-state index >= 15 is 0 Å². The SMILES string of the molecule is COc1ccc(CN2CC3(CCN(C(=O)OC(C)(C)C)CC3)C(=O)CC2=O)cc1. The first kappa shape index (κ1) is 21.1. The number of ether oxygens (including phenoxy) is 2. The molecule has 2 heterocycles. The molecule has 1 spiro atoms. The van der Waals surface area contributed by atoms with Crippen LogP contribution >= 0.6 is 0 Å². The maximum Gasteiger partial charge on any atom is 0.410 e. The molecule has 2 saturated heterocycles. The molecule has 2 fully saturated rings. The molecule has 7 nitrogen and oxygen atoms in total. The molecule has 1 aromatic rings. The molecule has 2 aliphatic rings. The third kappa shape index (κ3) is 4.89. The number of ketones is 1. The van der Waals surface area contributed by atoms with E-state index in [1.807, 2.05) is 45.0 Å². The van der Waals surface area contributed by atoms with E-state index in [4.69, 9.17) is 9.47 Å². The van der Waals surface area contributed by atoms with Crippen LogP contribution < -0.4 is 4.74 Å². The van der Waals surface area contributed by atoms with Gasteiger partial charge in [0.2, 0.25) is 5.91 Å². The Balaban J connectivity index is 1.65. The summed E-state index contributed by atoms with van der Waals surface area (Å²) in [7, 11) is 1.61. The second-order valence-corrected chi connectivity index (χ2v) is 8.95. The Morgan fingerprint density at radius 3 is 2.28 bits per heavy atom. The topological polar surface area (TPSA) is 76.2 Å². The minimum absolute atomic E-state index is 0.00248. The lowest BCUT2D eigenvalue weighted by molar-refractivity contribution is -0.151. The minimum atomic E-state index is -0.571. The fraction of sp³-hybridized carbons (Fsp3) is 0.591. The molecule has 158 valence electrons. The number of carbonyl (C=O) groups is 3. The minimum Gasteiger partial charge on any atom is -0.497 e. The highest BCUT2D eigenvalue weighted by Crippen LogP contribution is 2.38. The molecule has 0 bridgehead atoms. The number of rotatable bonds is 3. The lowest BCUT2D eigenvalue weighted by atomic mass is 9.71. The van der Waals surface area contributed by atoms with E-state index in [2.05, 4.69) is 0 Å². The Morgan fingerprint density at radius 1 is 1.10 bits per heavy atom. The Morgan fingerprint density at radius 2 is 1.72 bits per heavy atom. The zero-order chi connectivity index (χ0) is 21.2. The molecule has 0 unspecified atom stereocenters. The standard InChI is InChI=1S/C22H30N2O5/c1-21(2,3)29-20(27)23-11-9-22(10-12-23)15-24(19(26)13-18(22)25)14-16-5-7-17(28-4)8-6-16/h5-8H,9-15H2,1-4H3. The van der Waals surface area contributed by atoms with E-state index < -0.39 is 11.0 Å². The Hall–Kier alpha value is -2.57. The largest absolute Gasteiger partial charge is 0.497 e. The zero-order valence-corrected chi connectivity index (χ0v) is 17.7. The highest BCUT2D eigenvalue weighted by molar-refractivity contribution is 6.03. The molecule has 7 heteroatoms. The molecule has 1 aromatic carbocycles. The molecule has 2 amide bonds. The molecule has 0 atom stereocenters. The van der Waals surface area contributed by atoms with Gasteiger partial charge in [-0.1, -0.05) is 12.1 Å². The van der Waals surface area contributed by atoms with Crippen LogP contribution in [0.4, 0.5) is 4.79 Å². The number of Topliss-reactive ketones (excluding diaryl/α,β-unsaturated/α-hetero) is 1. The van der Waals surface area contributed by atoms with E-state index in [-0.39, 0.29) is 24.2 Å². The number of hydrogen-bond acceptors (Lipinski definition) is 5. The molecule has 0 N–H and O–H groups in total. The first-order chi connectivity index (χ1) is 13.6. The van der Waals surface area contributed by atoms with Gasteiger partial charge in [-0.05, 0) is 51.3 Å². The summed E-state index contributed by atoms with van der Waals surface area (Å²) in [6.07, 6.45) is 0.694. The fourth-order valence-corrected chi connectivity index (χ4v) is 3.95. The molecular weight excluding hydrogens is 372 g/mol. The van der Waals surface area contributed by atoms with Crippen LogP contribution in [0.3, 0.4) is 0 Å². The number of nitrogens with zero attached hydrogens (tertiary/aromatic N) is 2. The predicted molar refractivity (Wildman–Crippen MR) is 108 cm³/mol. The third-order valence-electron chi connectivity index (χ3n) is 5.65. The first-order valence-corrected chi connectivity index (χ1v) is 10.0. The smallest absolute Gasteiger partial charge is 0.410 e. The molecule has 0 aromatic heterocycles. The van der Waals surface area contributed by atoms with Crippen LogP contribution in [0, 0.1) is 5.41 Å². The van der Waals surface area contributed by atoms with Crippen LogP contribution in [0.25, 0.3) is 0 Å². The predicted octanol–water partition coefficient (Wildman–Crippen LogP) is 3.01. The van der Waals surface area contributed by atoms with Gasteiger partial charge in [0.25, 0.3) is 0 Å². The van der Waals surface area contributed by atoms with E-state index in [9.17, 15) is 14.4 Å². The van der Waals surface area contributed by atoms with E-state index in [1.165, 1.54) is 0 Å². The fourth-order valence-electron chi connectivity index (χ4n) is 3.95. The van der Waals surface area contributed by atoms with Crippen LogP contribution in [0.5, 0.6) is 5.75 Å². The number of hydrogen-bond donors (Lipinski definition) is 0. The molecule has 29 heavy (non-hydrogen) atoms. The molecular formula is C22H30N2O5. The van der Waals surface area contributed by atoms with Crippen molar-refractivity contribution in [3.8, 4) is 5.75 Å². The molecule has 3 rings (SSSR count). The van der Waals surface area contributed by atoms with Gasteiger partial charge in [0.05, 0.1) is 18.9 Å². The number of piperidine rings is 2. The van der Waals surface area contributed by atoms with Crippen molar-refractivity contribution >= 4 is 17.8 Å². The van der Waals surface area contributed by atoms with Gasteiger partial charge in [-0.25, -0.2) is 4.79 Å². The van der Waals surface area contributed by atoms with Crippen molar-refractivity contribution in [2.24, 2.45) is 5.41 Å². The van der Waals surface area contributed by atoms with E-state index in [0.29, 0.717) is 39.0 Å². The highest BCUT2D eigenvalue weighted by Gasteiger charge is 2.48. The van der Waals surface area contributed by atoms with Gasteiger partial charge >= 0.3 is 6.09 Å². The molecule has 0 saturated carbocycles. The second kappa shape index (κ2) is 8.05. The molecule has 2 aliphatic heterocycles. The van der Waals surface area contributed by atoms with Gasteiger partial charge in [-0.2, -0.15) is 0 Å². The van der Waals surface area contributed by atoms with Crippen molar-refractivity contribution in [2.45, 2.75) is 52.2 Å². The van der Waals surface area contributed by atoms with Gasteiger partial charge in [-0.3, -0.25) is 9.59 Å². The molecule has 0 radical (unpaired) electrons. The number of carbonyl (C=O) groups excluding carboxylic acids is 3. The lowest BCUT2D eigenvalue weighted by Gasteiger charge is -2.46. The number of benzene rings is 1. The van der Waals surface area contributed by atoms with E-state index in [1.54, 1.807) is 16.9 Å². The monoisotopic (exact) mass is 402 g/mol. The zero-order valence-electron chi connectivity index (χ0n) is 17.7. The average molecular weight is 402 g/mol. The Labute approximate surface area is 171 Å². The average Bonchev–Trinajstić information content (AvgIpc) is 2.66. The van der Waals surface area contributed by atoms with Gasteiger partial charge in [0.15, 0.2) is 0 Å². The first-order valence-electron chi connectivity index (χ1n) is 10.0. The van der Waals surface area contributed by atoms with Crippen molar-refractivity contribution in [2.75, 3.05) is 26.7 Å². The lowest BCUT2D eigenvalue weighted by Crippen LogP contribution is -2.56. The second-order valence-electron chi connectivity index (χ2n) is 8.95. The Kier molecular flexibility index (Phi) is 5.87. The van der Waals surface area contributed by atoms with Crippen molar-refractivity contribution in [1.82, 2.24) is 9.80 Å². The maximum atomic E-state index is 12.8. The summed E-state index contributed by atoms with van der Waals surface area (Å²) in [6, 6.07) is 7.59. The summed E-state index contributed by atoms with van der Waals surface area (Å²) < 4.78 is 10.6. The van der Waals surface area contributed by atoms with Crippen LogP contribution in [-0.2, 0) is 20.9 Å². The summed E-state index contributed by atoms with van der Waals surface area (Å²) in [4.78, 5) is 41.0. The van der Waals surface area contributed by atoms with Gasteiger partial charge in [0, 0.05) is 26.2 Å². The Bertz CT molecular complexity index is 773. The summed E-state index contributed by atoms with van der Waals surface area (Å²) >= 11 is 0. The van der Waals surface area contributed by atoms with E-state index in [0.717, 1.165) is 11.3 Å². The third-order valence-corrected chi connectivity index (χ3v) is 5.65. The maximum absolute atomic E-state index is 12.8. The van der Waals surface area contributed by atoms with Crippen molar-refractivity contribution in [3.63, 3.8) is 0 Å². The summed E-state index contributed by atoms with van der Waals surface area (Å²) in [5.74, 6) is 0.628. The van der Waals surface area contributed by atoms with Gasteiger partial charge in [-0.15, -0.1) is 0 Å². The van der Waals surface area contributed by atoms with Gasteiger partial charge < -0.3 is 19.3 Å². The van der Waals surface area contributed by atoms with Crippen LogP contribution in [0.2, 0.25) is 0 Å². The molecule has 0 aliphatic carbocycles. The van der Waals surface area contributed by atoms with Crippen molar-refractivity contribution in [1.29, 1.82) is 0 Å². The number of likely N-dealkylation sites (tertiary alicyclic amines) is 2. The van der Waals surface area contributed by atoms with Gasteiger partial charge in [0.1, 0.15) is 17.1 Å². The normalized spacial score (nSPS) is 19.4. The van der Waals surface area contributed by atoms with Crippen LogP contribution in [0.15, 0.2) is 24.3 Å². The summed E-state index contributed by atoms with van der Waals surface area (Å²) in [6.45, 7) is 7.31. The highest BCUT2D eigenvalue weighted by atomic mass is 16.6. The summed E-state index contributed by atoms with van der Waals surface area (Å²) in [5, 5.41) is 0. The number of methoxy groups -OCH3 is 1.